The molecule has 4 nitrogen and oxygen atoms in total. The molecule has 0 spiro atoms. The molecule has 0 aliphatic rings. The molecule has 0 fully saturated rings. The van der Waals surface area contributed by atoms with Gasteiger partial charge in [-0.3, -0.25) is 0 Å². The van der Waals surface area contributed by atoms with Crippen molar-refractivity contribution < 1.29 is 9.71 Å². The first-order valence-electron chi connectivity index (χ1n) is 26.4. The number of rotatable bonds is 50. The van der Waals surface area contributed by atoms with Crippen molar-refractivity contribution >= 4 is 116 Å². The van der Waals surface area contributed by atoms with Crippen LogP contribution in [0.15, 0.2) is 0 Å². The predicted octanol–water partition coefficient (Wildman–Crippen LogP) is 20.4. The van der Waals surface area contributed by atoms with E-state index in [0.717, 1.165) is 62.7 Å². The molecule has 2 atom stereocenters. The summed E-state index contributed by atoms with van der Waals surface area (Å²) in [6, 6.07) is 0. The molecule has 0 saturated heterocycles. The van der Waals surface area contributed by atoms with Crippen molar-refractivity contribution in [2.75, 3.05) is 0 Å². The Morgan fingerprint density at radius 2 is 0.557 bits per heavy atom. The molecular weight excluding hydrogens is 1290 g/mol. The number of unbranched alkanes of at least 4 members (excludes halogenated alkanes) is 36. The van der Waals surface area contributed by atoms with Crippen molar-refractivity contribution in [3.8, 4) is 0 Å². The summed E-state index contributed by atoms with van der Waals surface area (Å²) >= 11 is -15.2. The van der Waals surface area contributed by atoms with E-state index in [4.69, 9.17) is 48.8 Å². The third-order valence-corrected chi connectivity index (χ3v) is 91.2. The fourth-order valence-corrected chi connectivity index (χ4v) is 118. The zero-order valence-corrected chi connectivity index (χ0v) is 55.9. The zero-order chi connectivity index (χ0) is 44.3. The molecule has 1 radical (unpaired) electrons. The van der Waals surface area contributed by atoms with Crippen molar-refractivity contribution in [2.24, 2.45) is 0 Å². The molecule has 2 unspecified atom stereocenters. The minimum absolute atomic E-state index is 0. The minimum atomic E-state index is -4.30. The first-order chi connectivity index (χ1) is 29.1. The quantitative estimate of drug-likeness (QED) is 0.0450. The monoisotopic (exact) mass is 1400 g/mol. The van der Waals surface area contributed by atoms with Gasteiger partial charge in [-0.25, -0.2) is 0 Å². The van der Waals surface area contributed by atoms with Crippen molar-refractivity contribution in [2.45, 2.75) is 302 Å². The molecular formula is C48H102Cl5O4Sn4. The summed E-state index contributed by atoms with van der Waals surface area (Å²) in [6.07, 6.45) is 51.5. The standard InChI is InChI=1S/4C12H25.5ClH.H2O.3O.4Sn/c4*1-3-5-7-9-11-12-10-8-6-4-2;;;;;;;;;;;;;/h4*1,3-12H2,2H3;5*1H;1H2;;;;;;;/q;;;;;;;;;;;;;3*+1;+2/p-5. The summed E-state index contributed by atoms with van der Waals surface area (Å²) in [5.41, 5.74) is 0. The number of hydrogen-bond donors (Lipinski definition) is 0. The van der Waals surface area contributed by atoms with Gasteiger partial charge in [0.2, 0.25) is 0 Å². The molecule has 0 saturated carbocycles. The van der Waals surface area contributed by atoms with E-state index in [0.29, 0.717) is 0 Å². The van der Waals surface area contributed by atoms with Crippen LogP contribution in [0.2, 0.25) is 17.7 Å². The Morgan fingerprint density at radius 1 is 0.311 bits per heavy atom. The van der Waals surface area contributed by atoms with Crippen molar-refractivity contribution in [1.29, 1.82) is 0 Å². The van der Waals surface area contributed by atoms with Gasteiger partial charge in [0.1, 0.15) is 0 Å². The van der Waals surface area contributed by atoms with E-state index in [1.165, 1.54) is 212 Å². The summed E-state index contributed by atoms with van der Waals surface area (Å²) in [4.78, 5) is 0. The first-order valence-corrected chi connectivity index (χ1v) is 59.5. The Balaban J connectivity index is 0. The molecule has 2 N–H and O–H groups in total. The fourth-order valence-electron chi connectivity index (χ4n) is 8.18. The van der Waals surface area contributed by atoms with Crippen molar-refractivity contribution in [3.05, 3.63) is 0 Å². The van der Waals surface area contributed by atoms with Crippen LogP contribution < -0.4 is 0 Å². The Hall–Kier alpha value is 4.48. The number of hydrogen-bond acceptors (Lipinski definition) is 3. The molecule has 61 heavy (non-hydrogen) atoms. The molecule has 0 bridgehead atoms. The van der Waals surface area contributed by atoms with Gasteiger partial charge in [-0.1, -0.05) is 0 Å². The summed E-state index contributed by atoms with van der Waals surface area (Å²) in [6.45, 7) is 9.14. The topological polar surface area (TPSA) is 59.2 Å². The van der Waals surface area contributed by atoms with Crippen LogP contribution in [-0.2, 0) is 4.23 Å². The van der Waals surface area contributed by atoms with Gasteiger partial charge in [0, 0.05) is 0 Å². The first kappa shape index (κ1) is 67.6. The molecule has 0 aromatic rings. The van der Waals surface area contributed by atoms with Crippen LogP contribution in [0.1, 0.15) is 285 Å². The van der Waals surface area contributed by atoms with Gasteiger partial charge in [-0.05, 0) is 0 Å². The molecule has 13 heteroatoms. The predicted molar refractivity (Wildman–Crippen MR) is 286 cm³/mol. The van der Waals surface area contributed by atoms with Gasteiger partial charge in [0.05, 0.1) is 0 Å². The Labute approximate surface area is 422 Å². The van der Waals surface area contributed by atoms with Gasteiger partial charge in [-0.2, -0.15) is 0 Å². The van der Waals surface area contributed by atoms with Crippen molar-refractivity contribution in [1.82, 2.24) is 0 Å². The Bertz CT molecular complexity index is 890. The molecule has 0 aliphatic heterocycles. The van der Waals surface area contributed by atoms with Crippen LogP contribution in [0.5, 0.6) is 0 Å². The van der Waals surface area contributed by atoms with E-state index in [9.17, 15) is 0 Å². The van der Waals surface area contributed by atoms with E-state index in [1.54, 1.807) is 0 Å². The maximum absolute atomic E-state index is 7.70. The van der Waals surface area contributed by atoms with Gasteiger partial charge >= 0.3 is 423 Å². The van der Waals surface area contributed by atoms with Crippen LogP contribution >= 0.6 is 44.6 Å². The molecule has 0 amide bonds. The van der Waals surface area contributed by atoms with Crippen LogP contribution in [-0.4, -0.2) is 77.2 Å². The van der Waals surface area contributed by atoms with E-state index < -0.39 is 71.7 Å². The van der Waals surface area contributed by atoms with E-state index >= 15 is 0 Å². The van der Waals surface area contributed by atoms with Crippen LogP contribution in [0.4, 0.5) is 0 Å². The summed E-state index contributed by atoms with van der Waals surface area (Å²) in [7, 11) is 37.1. The average molecular weight is 1400 g/mol. The van der Waals surface area contributed by atoms with Crippen LogP contribution in [0.3, 0.4) is 0 Å². The SMILES string of the molecule is CCCCCCCCCCC[CH2][Sn]([Cl])[O][Sn]([Cl])([CH2]CCCCCCCCCCC)[O][Sn]([Cl])([CH2]CCCCCCCCCCC)[O][Sn]([Cl])([Cl])[CH2]CCCCCCCCCCC.O. The van der Waals surface area contributed by atoms with Gasteiger partial charge in [-0.15, -0.1) is 0 Å². The molecule has 0 rings (SSSR count). The van der Waals surface area contributed by atoms with Crippen molar-refractivity contribution in [3.63, 3.8) is 0 Å². The van der Waals surface area contributed by atoms with Crippen LogP contribution in [0, 0.1) is 0 Å². The summed E-state index contributed by atoms with van der Waals surface area (Å²) < 4.78 is 24.3. The summed E-state index contributed by atoms with van der Waals surface area (Å²) in [5, 5.41) is 0. The molecule has 369 valence electrons. The fraction of sp³-hybridized carbons (Fsp3) is 1.00. The molecule has 0 aromatic carbocycles. The Morgan fingerprint density at radius 3 is 0.869 bits per heavy atom. The van der Waals surface area contributed by atoms with Gasteiger partial charge in [0.15, 0.2) is 0 Å². The second kappa shape index (κ2) is 49.5. The van der Waals surface area contributed by atoms with E-state index in [-0.39, 0.29) is 5.48 Å². The normalized spacial score (nSPS) is 14.1. The average Bonchev–Trinajstić information content (AvgIpc) is 3.20. The smallest absolute Gasteiger partial charge is 0.412 e. The van der Waals surface area contributed by atoms with Crippen LogP contribution in [0.25, 0.3) is 0 Å². The van der Waals surface area contributed by atoms with Gasteiger partial charge < -0.3 is 5.48 Å². The third kappa shape index (κ3) is 47.9. The number of halogens is 5. The molecule has 0 heterocycles. The zero-order valence-electron chi connectivity index (χ0n) is 40.7. The van der Waals surface area contributed by atoms with E-state index in [1.807, 2.05) is 0 Å². The van der Waals surface area contributed by atoms with Gasteiger partial charge in [0.25, 0.3) is 0 Å². The molecule has 0 aliphatic carbocycles. The Kier molecular flexibility index (Phi) is 54.8. The second-order valence-corrected chi connectivity index (χ2v) is 70.8. The summed E-state index contributed by atoms with van der Waals surface area (Å²) in [5.74, 6) is 0. The third-order valence-electron chi connectivity index (χ3n) is 12.1. The maximum atomic E-state index is 7.70. The second-order valence-electron chi connectivity index (χ2n) is 18.3. The molecule has 0 aromatic heterocycles. The van der Waals surface area contributed by atoms with E-state index in [2.05, 4.69) is 27.7 Å². The minimum Gasteiger partial charge on any atom is -0.412 e.